The van der Waals surface area contributed by atoms with Crippen LogP contribution in [0.25, 0.3) is 0 Å². The first-order valence-corrected chi connectivity index (χ1v) is 19.7. The van der Waals surface area contributed by atoms with Gasteiger partial charge in [-0.1, -0.05) is 26.0 Å². The number of carbonyl (C=O) groups is 6. The predicted molar refractivity (Wildman–Crippen MR) is 216 cm³/mol. The first-order valence-electron chi connectivity index (χ1n) is 19.7. The monoisotopic (exact) mass is 824 g/mol. The summed E-state index contributed by atoms with van der Waals surface area (Å²) in [7, 11) is 0. The van der Waals surface area contributed by atoms with Gasteiger partial charge in [-0.05, 0) is 78.0 Å². The molecule has 0 aliphatic heterocycles. The minimum absolute atomic E-state index is 0.000590. The molecule has 18 heteroatoms. The summed E-state index contributed by atoms with van der Waals surface area (Å²) in [6.45, 7) is 17.6. The van der Waals surface area contributed by atoms with Crippen molar-refractivity contribution in [2.45, 2.75) is 98.9 Å². The van der Waals surface area contributed by atoms with Gasteiger partial charge in [0.15, 0.2) is 0 Å². The fraction of sp³-hybridized carbons (Fsp3) is 0.700. The van der Waals surface area contributed by atoms with Gasteiger partial charge in [-0.25, -0.2) is 4.79 Å². The summed E-state index contributed by atoms with van der Waals surface area (Å²) in [5, 5.41) is 13.5. The molecule has 1 aromatic carbocycles. The maximum absolute atomic E-state index is 13.4. The lowest BCUT2D eigenvalue weighted by atomic mass is 9.97. The van der Waals surface area contributed by atoms with Crippen LogP contribution in [-0.4, -0.2) is 126 Å². The van der Waals surface area contributed by atoms with Crippen molar-refractivity contribution in [3.05, 3.63) is 29.8 Å². The molecule has 0 fully saturated rings. The second-order valence-electron chi connectivity index (χ2n) is 15.7. The molecule has 330 valence electrons. The van der Waals surface area contributed by atoms with E-state index in [0.717, 1.165) is 5.56 Å². The number of hydrogen-bond donors (Lipinski definition) is 6. The number of primary amides is 1. The van der Waals surface area contributed by atoms with E-state index in [1.165, 1.54) is 0 Å². The maximum Gasteiger partial charge on any atom is 0.312 e. The molecule has 58 heavy (non-hydrogen) atoms. The first kappa shape index (κ1) is 51.7. The average Bonchev–Trinajstić information content (AvgIpc) is 3.14. The second-order valence-corrected chi connectivity index (χ2v) is 15.7. The molecule has 0 spiro atoms. The molecule has 0 bridgehead atoms. The molecule has 0 saturated carbocycles. The molecule has 1 rings (SSSR count). The number of ether oxygens (including phenoxy) is 6. The Morgan fingerprint density at radius 1 is 0.690 bits per heavy atom. The van der Waals surface area contributed by atoms with E-state index in [9.17, 15) is 28.8 Å². The van der Waals surface area contributed by atoms with Crippen molar-refractivity contribution in [3.8, 4) is 0 Å². The molecular formula is C40H68N6O12. The van der Waals surface area contributed by atoms with Crippen molar-refractivity contribution >= 4 is 41.3 Å². The van der Waals surface area contributed by atoms with Gasteiger partial charge in [-0.2, -0.15) is 0 Å². The third-order valence-corrected chi connectivity index (χ3v) is 7.87. The number of urea groups is 1. The smallest absolute Gasteiger partial charge is 0.312 e. The Morgan fingerprint density at radius 3 is 1.79 bits per heavy atom. The number of anilines is 1. The fourth-order valence-corrected chi connectivity index (χ4v) is 4.63. The topological polar surface area (TPSA) is 244 Å². The van der Waals surface area contributed by atoms with E-state index >= 15 is 0 Å². The molecule has 0 aliphatic rings. The highest BCUT2D eigenvalue weighted by atomic mass is 16.6. The van der Waals surface area contributed by atoms with Crippen LogP contribution in [0.5, 0.6) is 0 Å². The van der Waals surface area contributed by atoms with Gasteiger partial charge in [0.2, 0.25) is 23.6 Å². The Labute approximate surface area is 343 Å². The van der Waals surface area contributed by atoms with Crippen molar-refractivity contribution in [1.82, 2.24) is 21.3 Å². The van der Waals surface area contributed by atoms with E-state index in [1.807, 2.05) is 20.8 Å². The van der Waals surface area contributed by atoms with Crippen molar-refractivity contribution in [2.24, 2.45) is 17.1 Å². The number of rotatable bonds is 29. The molecule has 7 N–H and O–H groups in total. The van der Waals surface area contributed by atoms with Gasteiger partial charge in [0.1, 0.15) is 25.3 Å². The molecule has 0 aromatic heterocycles. The number of carbonyl (C=O) groups excluding carboxylic acids is 6. The molecule has 6 amide bonds. The van der Waals surface area contributed by atoms with E-state index < -0.39 is 41.3 Å². The van der Waals surface area contributed by atoms with Gasteiger partial charge >= 0.3 is 12.0 Å². The van der Waals surface area contributed by atoms with Crippen molar-refractivity contribution in [1.29, 1.82) is 0 Å². The highest BCUT2D eigenvalue weighted by Gasteiger charge is 2.29. The number of nitrogens with two attached hydrogens (primary N) is 1. The lowest BCUT2D eigenvalue weighted by molar-refractivity contribution is -0.154. The number of nitrogens with one attached hydrogen (secondary N) is 5. The van der Waals surface area contributed by atoms with Gasteiger partial charge < -0.3 is 60.7 Å². The largest absolute Gasteiger partial charge is 0.460 e. The van der Waals surface area contributed by atoms with E-state index in [1.54, 1.807) is 58.9 Å². The van der Waals surface area contributed by atoms with Crippen molar-refractivity contribution in [2.75, 3.05) is 77.9 Å². The van der Waals surface area contributed by atoms with Crippen LogP contribution in [0.4, 0.5) is 10.5 Å². The lowest BCUT2D eigenvalue weighted by Crippen LogP contribution is -2.54. The summed E-state index contributed by atoms with van der Waals surface area (Å²) < 4.78 is 32.6. The average molecular weight is 825 g/mol. The summed E-state index contributed by atoms with van der Waals surface area (Å²) in [5.74, 6) is -2.28. The molecule has 0 heterocycles. The van der Waals surface area contributed by atoms with E-state index in [2.05, 4.69) is 26.6 Å². The van der Waals surface area contributed by atoms with Crippen molar-refractivity contribution < 1.29 is 57.2 Å². The predicted octanol–water partition coefficient (Wildman–Crippen LogP) is 2.18. The zero-order valence-electron chi connectivity index (χ0n) is 35.6. The number of hydrogen-bond acceptors (Lipinski definition) is 12. The molecule has 18 nitrogen and oxygen atoms in total. The first-order chi connectivity index (χ1) is 27.3. The SMILES string of the molecule is CC(C)[C@H](NC(=O)CCOCCOCCOCCOCCNC(=O)COC(C)(C)C)C(=O)N[C@@H](CCCNC(N)=O)C(=O)Nc1ccc(COC(=O)C(C)(C)C)cc1. The Morgan fingerprint density at radius 2 is 1.26 bits per heavy atom. The van der Waals surface area contributed by atoms with Crippen LogP contribution in [0, 0.1) is 11.3 Å². The number of amides is 6. The molecular weight excluding hydrogens is 756 g/mol. The Kier molecular flexibility index (Phi) is 25.1. The molecule has 0 saturated heterocycles. The van der Waals surface area contributed by atoms with E-state index in [-0.39, 0.29) is 69.2 Å². The Balaban J connectivity index is 2.42. The molecule has 0 aliphatic carbocycles. The molecule has 2 atom stereocenters. The maximum atomic E-state index is 13.4. The normalized spacial score (nSPS) is 12.6. The fourth-order valence-electron chi connectivity index (χ4n) is 4.63. The molecule has 0 unspecified atom stereocenters. The van der Waals surface area contributed by atoms with Crippen LogP contribution in [0.3, 0.4) is 0 Å². The van der Waals surface area contributed by atoms with Crippen LogP contribution in [-0.2, 0) is 59.0 Å². The van der Waals surface area contributed by atoms with Crippen LogP contribution in [0.2, 0.25) is 0 Å². The van der Waals surface area contributed by atoms with Gasteiger partial charge in [-0.3, -0.25) is 24.0 Å². The second kappa shape index (κ2) is 28.1. The summed E-state index contributed by atoms with van der Waals surface area (Å²) >= 11 is 0. The van der Waals surface area contributed by atoms with Crippen LogP contribution in [0.15, 0.2) is 24.3 Å². The van der Waals surface area contributed by atoms with Crippen molar-refractivity contribution in [3.63, 3.8) is 0 Å². The highest BCUT2D eigenvalue weighted by molar-refractivity contribution is 5.98. The minimum Gasteiger partial charge on any atom is -0.460 e. The summed E-state index contributed by atoms with van der Waals surface area (Å²) in [6.07, 6.45) is 0.506. The lowest BCUT2D eigenvalue weighted by Gasteiger charge is -2.25. The Bertz CT molecular complexity index is 1400. The van der Waals surface area contributed by atoms with Gasteiger partial charge in [0.05, 0.1) is 63.9 Å². The van der Waals surface area contributed by atoms with Gasteiger partial charge in [0, 0.05) is 25.2 Å². The zero-order valence-corrected chi connectivity index (χ0v) is 35.6. The third kappa shape index (κ3) is 25.8. The standard InChI is InChI=1S/C40H68N6O12/c1-28(2)34(46-32(47)15-18-53-20-22-55-24-25-56-23-21-54-19-17-42-33(48)27-58-40(6,7)8)36(50)45-31(10-9-16-43-38(41)52)35(49)44-30-13-11-29(12-14-30)26-57-37(51)39(3,4)5/h11-14,28,31,34H,9-10,15-27H2,1-8H3,(H,42,48)(H,44,49)(H,45,50)(H,46,47)(H3,41,43,52)/t31-,34-/m0/s1. The number of esters is 1. The third-order valence-electron chi connectivity index (χ3n) is 7.87. The molecule has 0 radical (unpaired) electrons. The van der Waals surface area contributed by atoms with Gasteiger partial charge in [-0.15, -0.1) is 0 Å². The zero-order chi connectivity index (χ0) is 43.6. The van der Waals surface area contributed by atoms with E-state index in [0.29, 0.717) is 58.3 Å². The minimum atomic E-state index is -1.00. The van der Waals surface area contributed by atoms with Crippen LogP contribution < -0.4 is 32.3 Å². The van der Waals surface area contributed by atoms with E-state index in [4.69, 9.17) is 34.2 Å². The Hall–Kier alpha value is -4.36. The summed E-state index contributed by atoms with van der Waals surface area (Å²) in [5.41, 5.74) is 5.34. The van der Waals surface area contributed by atoms with Gasteiger partial charge in [0.25, 0.3) is 0 Å². The quantitative estimate of drug-likeness (QED) is 0.0503. The molecule has 1 aromatic rings. The summed E-state index contributed by atoms with van der Waals surface area (Å²) in [4.78, 5) is 74.5. The summed E-state index contributed by atoms with van der Waals surface area (Å²) in [6, 6.07) is 4.10. The highest BCUT2D eigenvalue weighted by Crippen LogP contribution is 2.18. The number of benzene rings is 1. The van der Waals surface area contributed by atoms with Crippen LogP contribution in [0.1, 0.15) is 80.2 Å². The van der Waals surface area contributed by atoms with Crippen LogP contribution >= 0.6 is 0 Å².